The van der Waals surface area contributed by atoms with Crippen molar-refractivity contribution in [3.05, 3.63) is 65.5 Å². The Hall–Kier alpha value is -1.86. The predicted molar refractivity (Wildman–Crippen MR) is 102 cm³/mol. The molecule has 0 spiro atoms. The number of carbonyl (C=O) groups is 1. The summed E-state index contributed by atoms with van der Waals surface area (Å²) in [6.07, 6.45) is 0.606. The molecule has 1 fully saturated rings. The summed E-state index contributed by atoms with van der Waals surface area (Å²) in [6, 6.07) is 12.9. The summed E-state index contributed by atoms with van der Waals surface area (Å²) in [7, 11) is -2.96. The van der Waals surface area contributed by atoms with Crippen LogP contribution in [-0.4, -0.2) is 31.1 Å². The van der Waals surface area contributed by atoms with Gasteiger partial charge in [0.25, 0.3) is 5.91 Å². The molecule has 0 bridgehead atoms. The number of halogens is 1. The molecule has 2 aromatic rings. The largest absolute Gasteiger partial charge is 0.345 e. The van der Waals surface area contributed by atoms with E-state index in [4.69, 9.17) is 0 Å². The molecule has 26 heavy (non-hydrogen) atoms. The lowest BCUT2D eigenvalue weighted by Crippen LogP contribution is -2.27. The molecule has 1 aliphatic rings. The highest BCUT2D eigenvalue weighted by atomic mass is 32.2. The number of hydrogen-bond donors (Lipinski definition) is 1. The van der Waals surface area contributed by atoms with Crippen molar-refractivity contribution in [2.45, 2.75) is 29.5 Å². The van der Waals surface area contributed by atoms with Crippen LogP contribution in [-0.2, 0) is 9.84 Å². The molecular formula is C19H20FNO3S2. The molecule has 0 radical (unpaired) electrons. The molecule has 2 aromatic carbocycles. The average molecular weight is 394 g/mol. The average Bonchev–Trinajstić information content (AvgIpc) is 2.94. The molecule has 0 aromatic heterocycles. The van der Waals surface area contributed by atoms with Crippen LogP contribution in [0.3, 0.4) is 0 Å². The maximum atomic E-state index is 13.0. The van der Waals surface area contributed by atoms with Gasteiger partial charge in [-0.3, -0.25) is 4.79 Å². The van der Waals surface area contributed by atoms with Crippen LogP contribution >= 0.6 is 11.8 Å². The van der Waals surface area contributed by atoms with Crippen molar-refractivity contribution in [3.8, 4) is 0 Å². The number of rotatable bonds is 5. The van der Waals surface area contributed by atoms with E-state index >= 15 is 0 Å². The van der Waals surface area contributed by atoms with Gasteiger partial charge in [-0.05, 0) is 43.2 Å². The zero-order valence-corrected chi connectivity index (χ0v) is 15.9. The van der Waals surface area contributed by atoms with Gasteiger partial charge < -0.3 is 5.32 Å². The molecule has 1 saturated heterocycles. The fourth-order valence-corrected chi connectivity index (χ4v) is 6.53. The fourth-order valence-electron chi connectivity index (χ4n) is 2.90. The number of thioether (sulfide) groups is 1. The van der Waals surface area contributed by atoms with Crippen LogP contribution in [0.25, 0.3) is 0 Å². The van der Waals surface area contributed by atoms with Gasteiger partial charge >= 0.3 is 0 Å². The van der Waals surface area contributed by atoms with Crippen molar-refractivity contribution in [2.24, 2.45) is 0 Å². The van der Waals surface area contributed by atoms with Crippen molar-refractivity contribution in [1.29, 1.82) is 0 Å². The summed E-state index contributed by atoms with van der Waals surface area (Å²) >= 11 is 1.44. The predicted octanol–water partition coefficient (Wildman–Crippen LogP) is 3.60. The van der Waals surface area contributed by atoms with E-state index in [2.05, 4.69) is 5.32 Å². The SMILES string of the molecule is C[C@@H](NC(=O)c1ccccc1S[C@H]1CCS(=O)(=O)C1)c1ccc(F)cc1. The molecule has 1 N–H and O–H groups in total. The van der Waals surface area contributed by atoms with E-state index in [-0.39, 0.29) is 34.5 Å². The lowest BCUT2D eigenvalue weighted by atomic mass is 10.1. The lowest BCUT2D eigenvalue weighted by molar-refractivity contribution is 0.0937. The molecule has 0 aliphatic carbocycles. The first-order valence-corrected chi connectivity index (χ1v) is 11.1. The van der Waals surface area contributed by atoms with Crippen LogP contribution in [0.4, 0.5) is 4.39 Å². The maximum absolute atomic E-state index is 13.0. The zero-order valence-electron chi connectivity index (χ0n) is 14.3. The fraction of sp³-hybridized carbons (Fsp3) is 0.316. The number of carbonyl (C=O) groups excluding carboxylic acids is 1. The standard InChI is InChI=1S/C19H20FNO3S2/c1-13(14-6-8-15(20)9-7-14)21-19(22)17-4-2-3-5-18(17)25-16-10-11-26(23,24)12-16/h2-9,13,16H,10-12H2,1H3,(H,21,22)/t13-,16+/m1/s1. The Morgan fingerprint density at radius 3 is 2.54 bits per heavy atom. The Morgan fingerprint density at radius 1 is 1.19 bits per heavy atom. The molecule has 0 unspecified atom stereocenters. The summed E-state index contributed by atoms with van der Waals surface area (Å²) in [5.41, 5.74) is 1.34. The second-order valence-corrected chi connectivity index (χ2v) is 9.96. The highest BCUT2D eigenvalue weighted by Crippen LogP contribution is 2.33. The molecule has 1 heterocycles. The Kier molecular flexibility index (Phi) is 5.67. The van der Waals surface area contributed by atoms with Gasteiger partial charge in [-0.2, -0.15) is 0 Å². The van der Waals surface area contributed by atoms with Gasteiger partial charge in [0, 0.05) is 10.1 Å². The van der Waals surface area contributed by atoms with Gasteiger partial charge in [0.2, 0.25) is 0 Å². The minimum atomic E-state index is -2.96. The number of amides is 1. The molecule has 1 amide bonds. The van der Waals surface area contributed by atoms with Crippen molar-refractivity contribution < 1.29 is 17.6 Å². The third-order valence-corrected chi connectivity index (χ3v) is 7.66. The van der Waals surface area contributed by atoms with Gasteiger partial charge in [0.1, 0.15) is 5.82 Å². The molecule has 3 rings (SSSR count). The Labute approximate surface area is 157 Å². The van der Waals surface area contributed by atoms with Gasteiger partial charge in [0.05, 0.1) is 23.1 Å². The molecular weight excluding hydrogens is 373 g/mol. The quantitative estimate of drug-likeness (QED) is 0.843. The van der Waals surface area contributed by atoms with Gasteiger partial charge in [-0.15, -0.1) is 11.8 Å². The first kappa shape index (κ1) is 18.9. The molecule has 1 aliphatic heterocycles. The summed E-state index contributed by atoms with van der Waals surface area (Å²) in [5.74, 6) is -0.188. The molecule has 2 atom stereocenters. The molecule has 4 nitrogen and oxygen atoms in total. The Bertz CT molecular complexity index is 897. The van der Waals surface area contributed by atoms with E-state index in [9.17, 15) is 17.6 Å². The molecule has 138 valence electrons. The summed E-state index contributed by atoms with van der Waals surface area (Å²) in [5, 5.41) is 2.90. The zero-order chi connectivity index (χ0) is 18.7. The van der Waals surface area contributed by atoms with Crippen molar-refractivity contribution in [2.75, 3.05) is 11.5 Å². The van der Waals surface area contributed by atoms with E-state index < -0.39 is 9.84 Å². The van der Waals surface area contributed by atoms with Crippen LogP contribution in [0.15, 0.2) is 53.4 Å². The van der Waals surface area contributed by atoms with E-state index in [1.54, 1.807) is 24.3 Å². The number of sulfone groups is 1. The van der Waals surface area contributed by atoms with Crippen LogP contribution in [0.1, 0.15) is 35.3 Å². The van der Waals surface area contributed by atoms with Crippen molar-refractivity contribution in [3.63, 3.8) is 0 Å². The van der Waals surface area contributed by atoms with E-state index in [1.807, 2.05) is 19.1 Å². The lowest BCUT2D eigenvalue weighted by Gasteiger charge is -2.17. The van der Waals surface area contributed by atoms with Crippen LogP contribution < -0.4 is 5.32 Å². The topological polar surface area (TPSA) is 63.2 Å². The highest BCUT2D eigenvalue weighted by Gasteiger charge is 2.29. The summed E-state index contributed by atoms with van der Waals surface area (Å²) in [6.45, 7) is 1.84. The maximum Gasteiger partial charge on any atom is 0.252 e. The number of benzene rings is 2. The smallest absolute Gasteiger partial charge is 0.252 e. The monoisotopic (exact) mass is 393 g/mol. The van der Waals surface area contributed by atoms with E-state index in [0.717, 1.165) is 10.5 Å². The highest BCUT2D eigenvalue weighted by molar-refractivity contribution is 8.02. The van der Waals surface area contributed by atoms with Gasteiger partial charge in [0.15, 0.2) is 9.84 Å². The Balaban J connectivity index is 1.72. The normalized spacial score (nSPS) is 19.8. The third-order valence-electron chi connectivity index (χ3n) is 4.33. The van der Waals surface area contributed by atoms with Gasteiger partial charge in [-0.25, -0.2) is 12.8 Å². The Morgan fingerprint density at radius 2 is 1.88 bits per heavy atom. The van der Waals surface area contributed by atoms with Crippen LogP contribution in [0.2, 0.25) is 0 Å². The van der Waals surface area contributed by atoms with E-state index in [1.165, 1.54) is 23.9 Å². The second kappa shape index (κ2) is 7.80. The minimum Gasteiger partial charge on any atom is -0.345 e. The second-order valence-electron chi connectivity index (χ2n) is 6.39. The van der Waals surface area contributed by atoms with Crippen molar-refractivity contribution in [1.82, 2.24) is 5.32 Å². The summed E-state index contributed by atoms with van der Waals surface area (Å²) in [4.78, 5) is 13.5. The van der Waals surface area contributed by atoms with Crippen LogP contribution in [0, 0.1) is 5.82 Å². The molecule has 0 saturated carbocycles. The molecule has 7 heteroatoms. The minimum absolute atomic E-state index is 0.0246. The van der Waals surface area contributed by atoms with E-state index in [0.29, 0.717) is 12.0 Å². The first-order chi connectivity index (χ1) is 12.3. The third kappa shape index (κ3) is 4.65. The first-order valence-electron chi connectivity index (χ1n) is 8.36. The van der Waals surface area contributed by atoms with Crippen molar-refractivity contribution >= 4 is 27.5 Å². The van der Waals surface area contributed by atoms with Gasteiger partial charge in [-0.1, -0.05) is 24.3 Å². The number of nitrogens with one attached hydrogen (secondary N) is 1. The summed E-state index contributed by atoms with van der Waals surface area (Å²) < 4.78 is 36.4. The van der Waals surface area contributed by atoms with Crippen LogP contribution in [0.5, 0.6) is 0 Å². The number of hydrogen-bond acceptors (Lipinski definition) is 4.